The fourth-order valence-corrected chi connectivity index (χ4v) is 2.32. The van der Waals surface area contributed by atoms with Crippen LogP contribution in [-0.4, -0.2) is 60.0 Å². The van der Waals surface area contributed by atoms with Crippen molar-refractivity contribution in [3.05, 3.63) is 35.4 Å². The first kappa shape index (κ1) is 23.8. The molecule has 0 radical (unpaired) electrons. The van der Waals surface area contributed by atoms with Crippen LogP contribution in [0.3, 0.4) is 0 Å². The van der Waals surface area contributed by atoms with Crippen molar-refractivity contribution < 1.29 is 38.6 Å². The summed E-state index contributed by atoms with van der Waals surface area (Å²) < 4.78 is 10.0. The van der Waals surface area contributed by atoms with Gasteiger partial charge < -0.3 is 19.5 Å². The molecule has 0 aliphatic rings. The van der Waals surface area contributed by atoms with E-state index >= 15 is 0 Å². The normalized spacial score (nSPS) is 11.4. The molecule has 0 aliphatic heterocycles. The number of aliphatic carboxylic acids is 1. The number of amides is 1. The van der Waals surface area contributed by atoms with Gasteiger partial charge in [0.25, 0.3) is 5.91 Å². The van der Waals surface area contributed by atoms with Gasteiger partial charge in [-0.15, -0.1) is 0 Å². The second kappa shape index (κ2) is 11.6. The van der Waals surface area contributed by atoms with E-state index in [0.29, 0.717) is 12.7 Å². The van der Waals surface area contributed by atoms with Crippen molar-refractivity contribution >= 4 is 30.1 Å². The van der Waals surface area contributed by atoms with Gasteiger partial charge in [0.15, 0.2) is 6.29 Å². The van der Waals surface area contributed by atoms with Gasteiger partial charge in [0.1, 0.15) is 6.42 Å². The summed E-state index contributed by atoms with van der Waals surface area (Å²) in [5, 5.41) is 8.65. The molecule has 9 heteroatoms. The molecule has 1 unspecified atom stereocenters. The lowest BCUT2D eigenvalue weighted by Crippen LogP contribution is -2.31. The van der Waals surface area contributed by atoms with Crippen LogP contribution in [-0.2, 0) is 23.9 Å². The van der Waals surface area contributed by atoms with Crippen molar-refractivity contribution in [3.8, 4) is 0 Å². The van der Waals surface area contributed by atoms with Crippen LogP contribution in [0.5, 0.6) is 0 Å². The van der Waals surface area contributed by atoms with Gasteiger partial charge in [0.05, 0.1) is 11.5 Å². The molecule has 1 aromatic rings. The zero-order valence-corrected chi connectivity index (χ0v) is 16.6. The SMILES string of the molecule is CC(C)C(=O)OC(CCCN(C)C(=O)c1ccccc1C=O)OC(=O)CC(=O)O. The molecule has 0 aromatic heterocycles. The Morgan fingerprint density at radius 2 is 1.79 bits per heavy atom. The molecule has 0 spiro atoms. The van der Waals surface area contributed by atoms with E-state index in [-0.39, 0.29) is 30.0 Å². The predicted octanol–water partition coefficient (Wildman–Crippen LogP) is 1.89. The minimum absolute atomic E-state index is 0.0801. The minimum atomic E-state index is -1.36. The van der Waals surface area contributed by atoms with Gasteiger partial charge >= 0.3 is 17.9 Å². The maximum Gasteiger partial charge on any atom is 0.320 e. The van der Waals surface area contributed by atoms with Crippen molar-refractivity contribution in [1.82, 2.24) is 4.90 Å². The summed E-state index contributed by atoms with van der Waals surface area (Å²) in [7, 11) is 1.55. The van der Waals surface area contributed by atoms with Gasteiger partial charge in [-0.2, -0.15) is 0 Å². The number of aldehydes is 1. The van der Waals surface area contributed by atoms with Crippen LogP contribution in [0, 0.1) is 5.92 Å². The lowest BCUT2D eigenvalue weighted by molar-refractivity contribution is -0.192. The largest absolute Gasteiger partial charge is 0.481 e. The van der Waals surface area contributed by atoms with Crippen LogP contribution in [0.25, 0.3) is 0 Å². The molecular weight excluding hydrogens is 382 g/mol. The summed E-state index contributed by atoms with van der Waals surface area (Å²) in [4.78, 5) is 59.0. The van der Waals surface area contributed by atoms with E-state index in [4.69, 9.17) is 14.6 Å². The third kappa shape index (κ3) is 8.12. The highest BCUT2D eigenvalue weighted by Gasteiger charge is 2.23. The van der Waals surface area contributed by atoms with Crippen molar-refractivity contribution in [2.45, 2.75) is 39.4 Å². The van der Waals surface area contributed by atoms with Crippen LogP contribution in [0.1, 0.15) is 53.8 Å². The van der Waals surface area contributed by atoms with E-state index in [1.165, 1.54) is 11.0 Å². The Labute approximate surface area is 168 Å². The molecule has 0 saturated carbocycles. The number of hydrogen-bond acceptors (Lipinski definition) is 7. The number of hydrogen-bond donors (Lipinski definition) is 1. The smallest absolute Gasteiger partial charge is 0.320 e. The van der Waals surface area contributed by atoms with E-state index in [0.717, 1.165) is 0 Å². The zero-order valence-electron chi connectivity index (χ0n) is 16.6. The molecule has 0 bridgehead atoms. The number of rotatable bonds is 11. The number of nitrogens with zero attached hydrogens (tertiary/aromatic N) is 1. The highest BCUT2D eigenvalue weighted by atomic mass is 16.7. The molecule has 1 atom stereocenters. The van der Waals surface area contributed by atoms with E-state index < -0.39 is 36.5 Å². The van der Waals surface area contributed by atoms with Crippen molar-refractivity contribution in [2.24, 2.45) is 5.92 Å². The molecule has 0 saturated heterocycles. The zero-order chi connectivity index (χ0) is 22.0. The topological polar surface area (TPSA) is 127 Å². The number of carbonyl (C=O) groups is 5. The van der Waals surface area contributed by atoms with Gasteiger partial charge in [0, 0.05) is 25.6 Å². The molecule has 0 heterocycles. The molecule has 0 fully saturated rings. The quantitative estimate of drug-likeness (QED) is 0.255. The van der Waals surface area contributed by atoms with Gasteiger partial charge in [0.2, 0.25) is 6.29 Å². The van der Waals surface area contributed by atoms with E-state index in [1.807, 2.05) is 0 Å². The van der Waals surface area contributed by atoms with Crippen molar-refractivity contribution in [2.75, 3.05) is 13.6 Å². The van der Waals surface area contributed by atoms with Crippen LogP contribution >= 0.6 is 0 Å². The Bertz CT molecular complexity index is 759. The fraction of sp³-hybridized carbons (Fsp3) is 0.450. The first-order valence-electron chi connectivity index (χ1n) is 9.07. The maximum atomic E-state index is 12.5. The van der Waals surface area contributed by atoms with Gasteiger partial charge in [-0.05, 0) is 12.5 Å². The Balaban J connectivity index is 2.68. The maximum absolute atomic E-state index is 12.5. The summed E-state index contributed by atoms with van der Waals surface area (Å²) >= 11 is 0. The molecule has 1 aromatic carbocycles. The minimum Gasteiger partial charge on any atom is -0.481 e. The van der Waals surface area contributed by atoms with Crippen LogP contribution in [0.2, 0.25) is 0 Å². The summed E-state index contributed by atoms with van der Waals surface area (Å²) in [6, 6.07) is 6.39. The predicted molar refractivity (Wildman–Crippen MR) is 101 cm³/mol. The average Bonchev–Trinajstić information content (AvgIpc) is 2.66. The molecule has 158 valence electrons. The third-order valence-corrected chi connectivity index (χ3v) is 3.88. The number of esters is 2. The van der Waals surface area contributed by atoms with Gasteiger partial charge in [-0.25, -0.2) is 0 Å². The van der Waals surface area contributed by atoms with E-state index in [9.17, 15) is 24.0 Å². The Morgan fingerprint density at radius 3 is 2.38 bits per heavy atom. The summed E-state index contributed by atoms with van der Waals surface area (Å²) in [6.45, 7) is 3.45. The van der Waals surface area contributed by atoms with Crippen LogP contribution < -0.4 is 0 Å². The first-order chi connectivity index (χ1) is 13.6. The standard InChI is InChI=1S/C20H25NO8/c1-13(2)20(27)29-18(28-17(25)11-16(23)24)9-6-10-21(3)19(26)15-8-5-4-7-14(15)12-22/h4-5,7-8,12-13,18H,6,9-11H2,1-3H3,(H,23,24). The summed E-state index contributed by atoms with van der Waals surface area (Å²) in [5.41, 5.74) is 0.538. The molecule has 0 aliphatic carbocycles. The highest BCUT2D eigenvalue weighted by molar-refractivity contribution is 6.01. The average molecular weight is 407 g/mol. The lowest BCUT2D eigenvalue weighted by atomic mass is 10.1. The van der Waals surface area contributed by atoms with Crippen molar-refractivity contribution in [1.29, 1.82) is 0 Å². The Morgan fingerprint density at radius 1 is 1.14 bits per heavy atom. The Kier molecular flexibility index (Phi) is 9.50. The van der Waals surface area contributed by atoms with Gasteiger partial charge in [-0.3, -0.25) is 24.0 Å². The van der Waals surface area contributed by atoms with Crippen LogP contribution in [0.4, 0.5) is 0 Å². The molecule has 1 amide bonds. The number of benzene rings is 1. The highest BCUT2D eigenvalue weighted by Crippen LogP contribution is 2.13. The first-order valence-corrected chi connectivity index (χ1v) is 9.07. The third-order valence-electron chi connectivity index (χ3n) is 3.88. The fourth-order valence-electron chi connectivity index (χ4n) is 2.32. The number of carbonyl (C=O) groups excluding carboxylic acids is 4. The molecule has 1 N–H and O–H groups in total. The molecule has 1 rings (SSSR count). The monoisotopic (exact) mass is 407 g/mol. The molecule has 29 heavy (non-hydrogen) atoms. The lowest BCUT2D eigenvalue weighted by Gasteiger charge is -2.21. The summed E-state index contributed by atoms with van der Waals surface area (Å²) in [6.07, 6.45) is -1.11. The molecule has 9 nitrogen and oxygen atoms in total. The number of carboxylic acids is 1. The van der Waals surface area contributed by atoms with E-state index in [1.54, 1.807) is 39.1 Å². The number of ether oxygens (including phenoxy) is 2. The second-order valence-corrected chi connectivity index (χ2v) is 6.66. The second-order valence-electron chi connectivity index (χ2n) is 6.66. The van der Waals surface area contributed by atoms with Crippen molar-refractivity contribution in [3.63, 3.8) is 0 Å². The van der Waals surface area contributed by atoms with E-state index in [2.05, 4.69) is 0 Å². The Hall–Kier alpha value is -3.23. The number of carboxylic acid groups (broad SMARTS) is 1. The van der Waals surface area contributed by atoms with Crippen LogP contribution in [0.15, 0.2) is 24.3 Å². The molecular formula is C20H25NO8. The summed E-state index contributed by atoms with van der Waals surface area (Å²) in [5.74, 6) is -3.79. The van der Waals surface area contributed by atoms with Gasteiger partial charge in [-0.1, -0.05) is 32.0 Å².